The molecule has 2 heterocycles. The third-order valence-corrected chi connectivity index (χ3v) is 4.62. The van der Waals surface area contributed by atoms with Crippen LogP contribution in [0.25, 0.3) is 5.57 Å². The minimum absolute atomic E-state index is 0.0842. The van der Waals surface area contributed by atoms with E-state index in [4.69, 9.17) is 0 Å². The van der Waals surface area contributed by atoms with Crippen molar-refractivity contribution >= 4 is 33.8 Å². The first-order valence-corrected chi connectivity index (χ1v) is 7.50. The number of fused-ring (bicyclic) bond motifs is 2. The number of nitrogens with zero attached hydrogens (tertiary/aromatic N) is 1. The summed E-state index contributed by atoms with van der Waals surface area (Å²) in [7, 11) is 0. The van der Waals surface area contributed by atoms with Crippen LogP contribution < -0.4 is 5.32 Å². The van der Waals surface area contributed by atoms with E-state index in [1.807, 2.05) is 31.2 Å². The molecule has 2 N–H and O–H groups in total. The van der Waals surface area contributed by atoms with E-state index >= 15 is 0 Å². The number of allylic oxidation sites excluding steroid dienone is 1. The fraction of sp³-hybridized carbons (Fsp3) is 0.0588. The Morgan fingerprint density at radius 1 is 1.27 bits per heavy atom. The highest BCUT2D eigenvalue weighted by Crippen LogP contribution is 2.43. The Labute approximate surface area is 131 Å². The van der Waals surface area contributed by atoms with Gasteiger partial charge in [0.1, 0.15) is 5.71 Å². The van der Waals surface area contributed by atoms with Crippen LogP contribution in [0.1, 0.15) is 16.7 Å². The molecule has 0 unspecified atom stereocenters. The van der Waals surface area contributed by atoms with Crippen LogP contribution in [-0.4, -0.2) is 16.0 Å². The molecule has 4 rings (SSSR count). The van der Waals surface area contributed by atoms with Crippen LogP contribution in [0.4, 0.5) is 5.69 Å². The lowest BCUT2D eigenvalue weighted by molar-refractivity contribution is -0.106. The molecule has 2 aromatic carbocycles. The standard InChI is InChI=1S/C17H10N2O2S/c1-9-6-7-12-11(8-9)15(19-21)16(18-12)14-10-4-2-3-5-13(10)22-17(14)20/h2,4,6-8,18,21H,1H3/b16-14-,19-15+. The van der Waals surface area contributed by atoms with Gasteiger partial charge in [-0.2, -0.15) is 0 Å². The van der Waals surface area contributed by atoms with Crippen LogP contribution in [0.2, 0.25) is 0 Å². The van der Waals surface area contributed by atoms with Gasteiger partial charge in [0.2, 0.25) is 5.12 Å². The first-order valence-electron chi connectivity index (χ1n) is 6.68. The van der Waals surface area contributed by atoms with Crippen molar-refractivity contribution in [2.24, 2.45) is 5.16 Å². The lowest BCUT2D eigenvalue weighted by atomic mass is 10.0. The van der Waals surface area contributed by atoms with Crippen LogP contribution in [0, 0.1) is 19.1 Å². The van der Waals surface area contributed by atoms with Crippen molar-refractivity contribution in [3.05, 3.63) is 64.9 Å². The van der Waals surface area contributed by atoms with E-state index in [1.54, 1.807) is 6.07 Å². The van der Waals surface area contributed by atoms with Crippen LogP contribution in [0.3, 0.4) is 0 Å². The lowest BCUT2D eigenvalue weighted by Crippen LogP contribution is -2.08. The molecule has 0 aliphatic carbocycles. The van der Waals surface area contributed by atoms with Gasteiger partial charge in [-0.1, -0.05) is 28.9 Å². The molecule has 5 heteroatoms. The van der Waals surface area contributed by atoms with Crippen LogP contribution in [-0.2, 0) is 4.79 Å². The molecule has 2 aromatic rings. The number of benzene rings is 1. The molecule has 0 fully saturated rings. The van der Waals surface area contributed by atoms with Gasteiger partial charge in [0.05, 0.1) is 16.2 Å². The maximum absolute atomic E-state index is 12.4. The number of rotatable bonds is 0. The SMILES string of the molecule is Cc1ccc2c(c1)C(=N\O)/C(=C1/C(=O)Sc3c#cccc31)N2. The first kappa shape index (κ1) is 13.0. The molecule has 2 aliphatic heterocycles. The number of carbonyl (C=O) groups excluding carboxylic acids is 1. The smallest absolute Gasteiger partial charge is 0.227 e. The monoisotopic (exact) mass is 306 g/mol. The van der Waals surface area contributed by atoms with Gasteiger partial charge in [-0.05, 0) is 43.0 Å². The third kappa shape index (κ3) is 1.74. The molecular formula is C17H10N2O2S. The van der Waals surface area contributed by atoms with Crippen molar-refractivity contribution in [2.45, 2.75) is 11.8 Å². The summed E-state index contributed by atoms with van der Waals surface area (Å²) in [6.07, 6.45) is 0. The molecule has 0 saturated heterocycles. The molecule has 22 heavy (non-hydrogen) atoms. The summed E-state index contributed by atoms with van der Waals surface area (Å²) in [5, 5.41) is 16.0. The van der Waals surface area contributed by atoms with Crippen molar-refractivity contribution in [3.8, 4) is 0 Å². The van der Waals surface area contributed by atoms with Gasteiger partial charge in [0, 0.05) is 16.8 Å². The molecule has 0 spiro atoms. The Morgan fingerprint density at radius 3 is 2.95 bits per heavy atom. The highest BCUT2D eigenvalue weighted by atomic mass is 32.2. The van der Waals surface area contributed by atoms with Gasteiger partial charge in [-0.15, -0.1) is 0 Å². The van der Waals surface area contributed by atoms with E-state index in [-0.39, 0.29) is 5.12 Å². The third-order valence-electron chi connectivity index (χ3n) is 3.71. The summed E-state index contributed by atoms with van der Waals surface area (Å²) in [5.41, 5.74) is 4.93. The molecule has 0 atom stereocenters. The number of hydrogen-bond acceptors (Lipinski definition) is 5. The highest BCUT2D eigenvalue weighted by molar-refractivity contribution is 8.15. The Balaban J connectivity index is 1.96. The highest BCUT2D eigenvalue weighted by Gasteiger charge is 2.34. The normalized spacial score (nSPS) is 20.6. The maximum atomic E-state index is 12.4. The van der Waals surface area contributed by atoms with Gasteiger partial charge in [0.25, 0.3) is 0 Å². The zero-order valence-electron chi connectivity index (χ0n) is 11.6. The molecule has 0 saturated carbocycles. The zero-order valence-corrected chi connectivity index (χ0v) is 12.4. The molecular weight excluding hydrogens is 296 g/mol. The van der Waals surface area contributed by atoms with E-state index in [1.165, 1.54) is 0 Å². The molecule has 0 amide bonds. The second-order valence-electron chi connectivity index (χ2n) is 5.11. The molecule has 4 nitrogen and oxygen atoms in total. The zero-order chi connectivity index (χ0) is 15.3. The van der Waals surface area contributed by atoms with Crippen molar-refractivity contribution < 1.29 is 10.0 Å². The molecule has 0 aromatic heterocycles. The van der Waals surface area contributed by atoms with E-state index < -0.39 is 0 Å². The number of oxime groups is 1. The van der Waals surface area contributed by atoms with Crippen molar-refractivity contribution in [1.29, 1.82) is 0 Å². The number of hydrogen-bond donors (Lipinski definition) is 2. The summed E-state index contributed by atoms with van der Waals surface area (Å²) in [6.45, 7) is 1.97. The average Bonchev–Trinajstić information content (AvgIpc) is 3.02. The van der Waals surface area contributed by atoms with E-state index in [2.05, 4.69) is 22.6 Å². The quantitative estimate of drug-likeness (QED) is 0.445. The van der Waals surface area contributed by atoms with E-state index in [0.29, 0.717) is 17.0 Å². The number of anilines is 1. The Kier molecular flexibility index (Phi) is 2.75. The minimum atomic E-state index is -0.0842. The predicted octanol–water partition coefficient (Wildman–Crippen LogP) is 3.24. The second kappa shape index (κ2) is 4.65. The summed E-state index contributed by atoms with van der Waals surface area (Å²) in [5.74, 6) is 0. The van der Waals surface area contributed by atoms with Crippen LogP contribution >= 0.6 is 11.8 Å². The topological polar surface area (TPSA) is 61.7 Å². The van der Waals surface area contributed by atoms with Gasteiger partial charge in [-0.25, -0.2) is 0 Å². The van der Waals surface area contributed by atoms with Crippen molar-refractivity contribution in [2.75, 3.05) is 5.32 Å². The van der Waals surface area contributed by atoms with Crippen molar-refractivity contribution in [1.82, 2.24) is 0 Å². The number of nitrogens with one attached hydrogen (secondary N) is 1. The predicted molar refractivity (Wildman–Crippen MR) is 85.0 cm³/mol. The fourth-order valence-electron chi connectivity index (χ4n) is 2.72. The van der Waals surface area contributed by atoms with Gasteiger partial charge >= 0.3 is 0 Å². The Morgan fingerprint density at radius 2 is 2.14 bits per heavy atom. The van der Waals surface area contributed by atoms with E-state index in [9.17, 15) is 10.0 Å². The minimum Gasteiger partial charge on any atom is -0.410 e. The van der Waals surface area contributed by atoms with Gasteiger partial charge in [-0.3, -0.25) is 4.79 Å². The number of aryl methyl sites for hydroxylation is 1. The largest absolute Gasteiger partial charge is 0.410 e. The maximum Gasteiger partial charge on any atom is 0.227 e. The molecule has 0 bridgehead atoms. The lowest BCUT2D eigenvalue weighted by Gasteiger charge is -2.04. The summed E-state index contributed by atoms with van der Waals surface area (Å²) in [4.78, 5) is 13.1. The summed E-state index contributed by atoms with van der Waals surface area (Å²) >= 11 is 1.12. The van der Waals surface area contributed by atoms with Crippen LogP contribution in [0.15, 0.2) is 46.1 Å². The number of thioether (sulfide) groups is 1. The van der Waals surface area contributed by atoms with Gasteiger partial charge in [0.15, 0.2) is 0 Å². The van der Waals surface area contributed by atoms with Gasteiger partial charge < -0.3 is 10.5 Å². The summed E-state index contributed by atoms with van der Waals surface area (Å²) < 4.78 is 0. The Bertz CT molecular complexity index is 884. The first-order chi connectivity index (χ1) is 10.7. The average molecular weight is 306 g/mol. The van der Waals surface area contributed by atoms with E-state index in [0.717, 1.165) is 39.0 Å². The number of carbonyl (C=O) groups is 1. The van der Waals surface area contributed by atoms with Crippen LogP contribution in [0.5, 0.6) is 0 Å². The molecule has 2 aliphatic rings. The fourth-order valence-corrected chi connectivity index (χ4v) is 3.61. The van der Waals surface area contributed by atoms with Crippen molar-refractivity contribution in [3.63, 3.8) is 0 Å². The molecule has 106 valence electrons. The second-order valence-corrected chi connectivity index (χ2v) is 6.09. The summed E-state index contributed by atoms with van der Waals surface area (Å²) in [6, 6.07) is 15.2. The molecule has 0 radical (unpaired) electrons. The Hall–Kier alpha value is -2.71.